The van der Waals surface area contributed by atoms with Crippen molar-refractivity contribution in [2.45, 2.75) is 38.3 Å². The molecule has 2 atom stereocenters. The van der Waals surface area contributed by atoms with Gasteiger partial charge in [0.2, 0.25) is 0 Å². The number of aliphatic imine (C=N–C) groups is 1. The van der Waals surface area contributed by atoms with Crippen LogP contribution in [0.1, 0.15) is 26.2 Å². The van der Waals surface area contributed by atoms with Gasteiger partial charge < -0.3 is 20.5 Å². The summed E-state index contributed by atoms with van der Waals surface area (Å²) in [5.41, 5.74) is 5.84. The van der Waals surface area contributed by atoms with E-state index in [9.17, 15) is 8.78 Å². The monoisotopic (exact) mass is 339 g/mol. The Morgan fingerprint density at radius 1 is 1.42 bits per heavy atom. The van der Waals surface area contributed by atoms with E-state index in [2.05, 4.69) is 10.3 Å². The molecule has 1 spiro atoms. The molecule has 2 fully saturated rings. The summed E-state index contributed by atoms with van der Waals surface area (Å²) < 4.78 is 38.2. The van der Waals surface area contributed by atoms with E-state index in [0.29, 0.717) is 19.8 Å². The smallest absolute Gasteiger partial charge is 0.193 e. The first-order valence-electron chi connectivity index (χ1n) is 8.30. The van der Waals surface area contributed by atoms with Crippen LogP contribution in [0.5, 0.6) is 0 Å². The summed E-state index contributed by atoms with van der Waals surface area (Å²) in [6.07, 6.45) is 2.67. The lowest BCUT2D eigenvalue weighted by molar-refractivity contribution is -0.163. The molecule has 24 heavy (non-hydrogen) atoms. The van der Waals surface area contributed by atoms with Gasteiger partial charge in [-0.05, 0) is 38.3 Å². The van der Waals surface area contributed by atoms with Gasteiger partial charge in [-0.1, -0.05) is 0 Å². The van der Waals surface area contributed by atoms with Crippen LogP contribution in [0.25, 0.3) is 0 Å². The van der Waals surface area contributed by atoms with Crippen molar-refractivity contribution in [2.24, 2.45) is 16.1 Å². The minimum atomic E-state index is -0.573. The number of ether oxygens (including phenoxy) is 2. The highest BCUT2D eigenvalue weighted by atomic mass is 19.1. The van der Waals surface area contributed by atoms with E-state index in [4.69, 9.17) is 15.2 Å². The van der Waals surface area contributed by atoms with Gasteiger partial charge in [0.15, 0.2) is 5.96 Å². The molecule has 0 bridgehead atoms. The maximum absolute atomic E-state index is 13.7. The van der Waals surface area contributed by atoms with Crippen LogP contribution in [0.4, 0.5) is 14.5 Å². The van der Waals surface area contributed by atoms with Crippen LogP contribution in [-0.4, -0.2) is 37.9 Å². The molecule has 2 unspecified atom stereocenters. The number of hydrogen-bond acceptors (Lipinski definition) is 3. The number of rotatable bonds is 4. The molecule has 0 radical (unpaired) electrons. The number of nitrogens with zero attached hydrogens (tertiary/aromatic N) is 1. The van der Waals surface area contributed by atoms with Crippen molar-refractivity contribution < 1.29 is 18.3 Å². The molecule has 3 rings (SSSR count). The second-order valence-corrected chi connectivity index (χ2v) is 6.30. The standard InChI is InChI=1S/C17H23F2N3O2/c1-2-24-15-10-14(17(15)5-7-23-8-6-17)22-16(20)21-13-9-11(18)3-4-12(13)19/h3-4,9,14-15H,2,5-8,10H2,1H3,(H3,20,21,22). The summed E-state index contributed by atoms with van der Waals surface area (Å²) in [4.78, 5) is 4.52. The Balaban J connectivity index is 1.73. The fourth-order valence-corrected chi connectivity index (χ4v) is 3.68. The molecule has 3 N–H and O–H groups in total. The predicted molar refractivity (Wildman–Crippen MR) is 87.9 cm³/mol. The SMILES string of the molecule is CCOC1CC(N=C(N)Nc2cc(F)ccc2F)C12CCOCC2. The number of anilines is 1. The zero-order chi connectivity index (χ0) is 17.2. The molecule has 1 aliphatic heterocycles. The van der Waals surface area contributed by atoms with E-state index in [0.717, 1.165) is 37.5 Å². The van der Waals surface area contributed by atoms with Crippen LogP contribution in [0.3, 0.4) is 0 Å². The third kappa shape index (κ3) is 3.23. The maximum atomic E-state index is 13.7. The van der Waals surface area contributed by atoms with Gasteiger partial charge in [0.25, 0.3) is 0 Å². The number of nitrogens with two attached hydrogens (primary N) is 1. The van der Waals surface area contributed by atoms with Crippen molar-refractivity contribution in [1.82, 2.24) is 0 Å². The number of guanidine groups is 1. The van der Waals surface area contributed by atoms with Crippen molar-refractivity contribution in [1.29, 1.82) is 0 Å². The number of nitrogens with one attached hydrogen (secondary N) is 1. The third-order valence-corrected chi connectivity index (χ3v) is 5.02. The molecule has 132 valence electrons. The lowest BCUT2D eigenvalue weighted by Crippen LogP contribution is -2.60. The Kier molecular flexibility index (Phi) is 5.01. The van der Waals surface area contributed by atoms with Crippen LogP contribution >= 0.6 is 0 Å². The summed E-state index contributed by atoms with van der Waals surface area (Å²) in [7, 11) is 0. The average Bonchev–Trinajstić information content (AvgIpc) is 2.58. The summed E-state index contributed by atoms with van der Waals surface area (Å²) in [6, 6.07) is 3.18. The van der Waals surface area contributed by atoms with E-state index < -0.39 is 11.6 Å². The van der Waals surface area contributed by atoms with Crippen LogP contribution in [0.2, 0.25) is 0 Å². The summed E-state index contributed by atoms with van der Waals surface area (Å²) in [5.74, 6) is -1.02. The van der Waals surface area contributed by atoms with Gasteiger partial charge in [-0.3, -0.25) is 0 Å². The molecule has 1 aromatic rings. The molecular formula is C17H23F2N3O2. The second-order valence-electron chi connectivity index (χ2n) is 6.30. The highest BCUT2D eigenvalue weighted by Crippen LogP contribution is 2.52. The largest absolute Gasteiger partial charge is 0.381 e. The lowest BCUT2D eigenvalue weighted by Gasteiger charge is -2.55. The maximum Gasteiger partial charge on any atom is 0.193 e. The third-order valence-electron chi connectivity index (χ3n) is 5.02. The molecule has 0 aromatic heterocycles. The zero-order valence-electron chi connectivity index (χ0n) is 13.7. The fourth-order valence-electron chi connectivity index (χ4n) is 3.68. The molecular weight excluding hydrogens is 316 g/mol. The quantitative estimate of drug-likeness (QED) is 0.654. The van der Waals surface area contributed by atoms with Gasteiger partial charge in [-0.25, -0.2) is 13.8 Å². The van der Waals surface area contributed by atoms with Crippen molar-refractivity contribution in [2.75, 3.05) is 25.1 Å². The molecule has 1 heterocycles. The number of benzene rings is 1. The van der Waals surface area contributed by atoms with Gasteiger partial charge in [0, 0.05) is 31.3 Å². The Bertz CT molecular complexity index is 618. The average molecular weight is 339 g/mol. The first-order valence-corrected chi connectivity index (χ1v) is 8.30. The van der Waals surface area contributed by atoms with Crippen LogP contribution in [-0.2, 0) is 9.47 Å². The van der Waals surface area contributed by atoms with Crippen molar-refractivity contribution in [3.63, 3.8) is 0 Å². The van der Waals surface area contributed by atoms with E-state index in [1.807, 2.05) is 6.92 Å². The van der Waals surface area contributed by atoms with E-state index in [1.54, 1.807) is 0 Å². The molecule has 1 aromatic carbocycles. The van der Waals surface area contributed by atoms with E-state index in [-0.39, 0.29) is 29.2 Å². The zero-order valence-corrected chi connectivity index (χ0v) is 13.7. The minimum absolute atomic E-state index is 0.00192. The van der Waals surface area contributed by atoms with Gasteiger partial charge in [-0.2, -0.15) is 0 Å². The molecule has 1 saturated carbocycles. The van der Waals surface area contributed by atoms with Crippen molar-refractivity contribution in [3.05, 3.63) is 29.8 Å². The normalized spacial score (nSPS) is 26.2. The van der Waals surface area contributed by atoms with Crippen LogP contribution in [0.15, 0.2) is 23.2 Å². The molecule has 1 saturated heterocycles. The molecule has 2 aliphatic rings. The summed E-state index contributed by atoms with van der Waals surface area (Å²) >= 11 is 0. The number of halogens is 2. The van der Waals surface area contributed by atoms with Gasteiger partial charge >= 0.3 is 0 Å². The summed E-state index contributed by atoms with van der Waals surface area (Å²) in [6.45, 7) is 4.00. The first-order chi connectivity index (χ1) is 11.5. The first kappa shape index (κ1) is 17.1. The molecule has 5 nitrogen and oxygen atoms in total. The van der Waals surface area contributed by atoms with Crippen LogP contribution in [0, 0.1) is 17.0 Å². The van der Waals surface area contributed by atoms with Crippen molar-refractivity contribution >= 4 is 11.6 Å². The van der Waals surface area contributed by atoms with Gasteiger partial charge in [0.05, 0.1) is 17.8 Å². The second kappa shape index (κ2) is 7.03. The predicted octanol–water partition coefficient (Wildman–Crippen LogP) is 2.67. The number of hydrogen-bond donors (Lipinski definition) is 2. The van der Waals surface area contributed by atoms with Gasteiger partial charge in [-0.15, -0.1) is 0 Å². The minimum Gasteiger partial charge on any atom is -0.381 e. The highest BCUT2D eigenvalue weighted by Gasteiger charge is 2.56. The lowest BCUT2D eigenvalue weighted by atomic mass is 9.58. The molecule has 0 amide bonds. The summed E-state index contributed by atoms with van der Waals surface area (Å²) in [5, 5.41) is 2.66. The Morgan fingerprint density at radius 3 is 2.88 bits per heavy atom. The van der Waals surface area contributed by atoms with E-state index in [1.165, 1.54) is 0 Å². The highest BCUT2D eigenvalue weighted by molar-refractivity contribution is 5.92. The molecule has 7 heteroatoms. The van der Waals surface area contributed by atoms with E-state index >= 15 is 0 Å². The molecule has 1 aliphatic carbocycles. The van der Waals surface area contributed by atoms with Gasteiger partial charge in [0.1, 0.15) is 11.6 Å². The Hall–Kier alpha value is -1.73. The Labute approximate surface area is 140 Å². The van der Waals surface area contributed by atoms with Crippen LogP contribution < -0.4 is 11.1 Å². The fraction of sp³-hybridized carbons (Fsp3) is 0.588. The Morgan fingerprint density at radius 2 is 2.17 bits per heavy atom. The van der Waals surface area contributed by atoms with Crippen molar-refractivity contribution in [3.8, 4) is 0 Å². The topological polar surface area (TPSA) is 68.9 Å².